The Balaban J connectivity index is 1.57. The van der Waals surface area contributed by atoms with E-state index in [0.29, 0.717) is 31.0 Å². The Morgan fingerprint density at radius 1 is 1.27 bits per heavy atom. The molecule has 1 amide bonds. The van der Waals surface area contributed by atoms with Crippen LogP contribution in [0.4, 0.5) is 0 Å². The van der Waals surface area contributed by atoms with Gasteiger partial charge in [0.05, 0.1) is 16.0 Å². The van der Waals surface area contributed by atoms with Gasteiger partial charge < -0.3 is 4.90 Å². The molecule has 0 atom stereocenters. The van der Waals surface area contributed by atoms with Crippen molar-refractivity contribution in [2.75, 3.05) is 18.8 Å². The normalized spacial score (nSPS) is 20.1. The van der Waals surface area contributed by atoms with Crippen molar-refractivity contribution < 1.29 is 13.2 Å². The molecule has 3 rings (SSSR count). The van der Waals surface area contributed by atoms with Crippen LogP contribution in [0, 0.1) is 0 Å². The summed E-state index contributed by atoms with van der Waals surface area (Å²) >= 11 is 6.16. The highest BCUT2D eigenvalue weighted by molar-refractivity contribution is 7.93. The second-order valence-electron chi connectivity index (χ2n) is 6.03. The highest BCUT2D eigenvalue weighted by Gasteiger charge is 2.38. The van der Waals surface area contributed by atoms with Crippen molar-refractivity contribution in [2.24, 2.45) is 0 Å². The number of carbonyl (C=O) groups is 1. The van der Waals surface area contributed by atoms with Gasteiger partial charge in [-0.3, -0.25) is 9.78 Å². The maximum absolute atomic E-state index is 12.2. The van der Waals surface area contributed by atoms with Crippen molar-refractivity contribution in [3.8, 4) is 0 Å². The summed E-state index contributed by atoms with van der Waals surface area (Å²) in [6.45, 7) is 1.13. The van der Waals surface area contributed by atoms with Crippen LogP contribution in [0.1, 0.15) is 37.3 Å². The molecule has 0 radical (unpaired) electrons. The Bertz CT molecular complexity index is 665. The molecule has 1 saturated heterocycles. The summed E-state index contributed by atoms with van der Waals surface area (Å²) in [5.74, 6) is -0.373. The lowest BCUT2D eigenvalue weighted by Crippen LogP contribution is -2.41. The molecule has 22 heavy (non-hydrogen) atoms. The second kappa shape index (κ2) is 6.16. The second-order valence-corrected chi connectivity index (χ2v) is 8.72. The largest absolute Gasteiger partial charge is 0.342 e. The smallest absolute Gasteiger partial charge is 0.237 e. The number of sulfone groups is 1. The Labute approximate surface area is 135 Å². The first-order valence-corrected chi connectivity index (χ1v) is 9.66. The number of carbonyl (C=O) groups excluding carboxylic acids is 1. The first-order chi connectivity index (χ1) is 10.5. The third-order valence-electron chi connectivity index (χ3n) is 4.38. The van der Waals surface area contributed by atoms with Crippen molar-refractivity contribution in [1.29, 1.82) is 0 Å². The average molecular weight is 343 g/mol. The van der Waals surface area contributed by atoms with Crippen molar-refractivity contribution in [3.05, 3.63) is 29.0 Å². The van der Waals surface area contributed by atoms with Gasteiger partial charge in [0.1, 0.15) is 5.75 Å². The van der Waals surface area contributed by atoms with Gasteiger partial charge in [0.2, 0.25) is 5.91 Å². The molecule has 0 bridgehead atoms. The number of pyridine rings is 1. The lowest BCUT2D eigenvalue weighted by Gasteiger charge is -2.32. The fourth-order valence-electron chi connectivity index (χ4n) is 2.91. The van der Waals surface area contributed by atoms with E-state index in [1.807, 2.05) is 6.07 Å². The third-order valence-corrected chi connectivity index (χ3v) is 6.83. The minimum atomic E-state index is -3.23. The first-order valence-electron chi connectivity index (χ1n) is 7.57. The fraction of sp³-hybridized carbons (Fsp3) is 0.600. The number of aromatic nitrogens is 1. The van der Waals surface area contributed by atoms with E-state index in [0.717, 1.165) is 18.5 Å². The molecule has 1 aromatic rings. The molecule has 2 heterocycles. The van der Waals surface area contributed by atoms with Crippen molar-refractivity contribution in [2.45, 2.75) is 36.9 Å². The Kier molecular flexibility index (Phi) is 4.41. The van der Waals surface area contributed by atoms with E-state index in [1.54, 1.807) is 17.2 Å². The number of piperidine rings is 1. The van der Waals surface area contributed by atoms with E-state index < -0.39 is 9.84 Å². The lowest BCUT2D eigenvalue weighted by atomic mass is 9.93. The topological polar surface area (TPSA) is 67.3 Å². The van der Waals surface area contributed by atoms with E-state index in [-0.39, 0.29) is 22.8 Å². The Morgan fingerprint density at radius 3 is 2.55 bits per heavy atom. The summed E-state index contributed by atoms with van der Waals surface area (Å²) in [6, 6.07) is 3.62. The van der Waals surface area contributed by atoms with Gasteiger partial charge in [0.15, 0.2) is 9.84 Å². The van der Waals surface area contributed by atoms with Crippen molar-refractivity contribution in [1.82, 2.24) is 9.88 Å². The molecular formula is C15H19ClN2O3S. The van der Waals surface area contributed by atoms with Crippen LogP contribution in [0.5, 0.6) is 0 Å². The van der Waals surface area contributed by atoms with Crippen LogP contribution >= 0.6 is 11.6 Å². The van der Waals surface area contributed by atoms with Gasteiger partial charge in [-0.15, -0.1) is 0 Å². The minimum absolute atomic E-state index is 0.234. The van der Waals surface area contributed by atoms with Gasteiger partial charge in [-0.05, 0) is 37.8 Å². The van der Waals surface area contributed by atoms with Crippen LogP contribution in [0.3, 0.4) is 0 Å². The summed E-state index contributed by atoms with van der Waals surface area (Å²) in [6.07, 6.45) is 4.67. The summed E-state index contributed by atoms with van der Waals surface area (Å²) in [5, 5.41) is 0.380. The molecule has 120 valence electrons. The SMILES string of the molecule is O=C(CS(=O)(=O)C1CC1)N1CCC(c2ncccc2Cl)CC1. The number of halogens is 1. The van der Waals surface area contributed by atoms with Crippen molar-refractivity contribution >= 4 is 27.3 Å². The zero-order chi connectivity index (χ0) is 15.7. The summed E-state index contributed by atoms with van der Waals surface area (Å²) < 4.78 is 23.8. The summed E-state index contributed by atoms with van der Waals surface area (Å²) in [4.78, 5) is 18.2. The zero-order valence-corrected chi connectivity index (χ0v) is 13.8. The molecule has 1 aromatic heterocycles. The quantitative estimate of drug-likeness (QED) is 0.839. The maximum Gasteiger partial charge on any atom is 0.237 e. The van der Waals surface area contributed by atoms with Gasteiger partial charge in [-0.2, -0.15) is 0 Å². The molecule has 5 nitrogen and oxygen atoms in total. The molecule has 0 spiro atoms. The molecule has 1 aliphatic heterocycles. The van der Waals surface area contributed by atoms with Crippen LogP contribution in [0.2, 0.25) is 5.02 Å². The number of rotatable bonds is 4. The first kappa shape index (κ1) is 15.7. The predicted octanol–water partition coefficient (Wildman–Crippen LogP) is 2.02. The highest BCUT2D eigenvalue weighted by atomic mass is 35.5. The van der Waals surface area contributed by atoms with Crippen LogP contribution in [0.25, 0.3) is 0 Å². The molecular weight excluding hydrogens is 324 g/mol. The average Bonchev–Trinajstić information content (AvgIpc) is 3.33. The summed E-state index contributed by atoms with van der Waals surface area (Å²) in [5.41, 5.74) is 0.877. The molecule has 0 N–H and O–H groups in total. The van der Waals surface area contributed by atoms with Gasteiger partial charge in [-0.1, -0.05) is 11.6 Å². The zero-order valence-electron chi connectivity index (χ0n) is 12.2. The van der Waals surface area contributed by atoms with E-state index >= 15 is 0 Å². The number of hydrogen-bond acceptors (Lipinski definition) is 4. The standard InChI is InChI=1S/C15H19ClN2O3S/c16-13-2-1-7-17-15(13)11-5-8-18(9-6-11)14(19)10-22(20,21)12-3-4-12/h1-2,7,11-12H,3-6,8-10H2. The number of likely N-dealkylation sites (tertiary alicyclic amines) is 1. The molecule has 0 unspecified atom stereocenters. The van der Waals surface area contributed by atoms with Gasteiger partial charge in [-0.25, -0.2) is 8.42 Å². The lowest BCUT2D eigenvalue weighted by molar-refractivity contribution is -0.129. The van der Waals surface area contributed by atoms with Crippen molar-refractivity contribution in [3.63, 3.8) is 0 Å². The van der Waals surface area contributed by atoms with E-state index in [1.165, 1.54) is 0 Å². The van der Waals surface area contributed by atoms with Crippen LogP contribution in [-0.2, 0) is 14.6 Å². The van der Waals surface area contributed by atoms with Crippen LogP contribution in [-0.4, -0.2) is 48.3 Å². The number of nitrogens with zero attached hydrogens (tertiary/aromatic N) is 2. The monoisotopic (exact) mass is 342 g/mol. The van der Waals surface area contributed by atoms with E-state index in [4.69, 9.17) is 11.6 Å². The van der Waals surface area contributed by atoms with Crippen LogP contribution in [0.15, 0.2) is 18.3 Å². The summed E-state index contributed by atoms with van der Waals surface area (Å²) in [7, 11) is -3.23. The number of amides is 1. The predicted molar refractivity (Wildman–Crippen MR) is 84.6 cm³/mol. The van der Waals surface area contributed by atoms with Gasteiger partial charge in [0, 0.05) is 25.2 Å². The van der Waals surface area contributed by atoms with Gasteiger partial charge >= 0.3 is 0 Å². The molecule has 2 fully saturated rings. The Hall–Kier alpha value is -1.14. The molecule has 2 aliphatic rings. The minimum Gasteiger partial charge on any atom is -0.342 e. The molecule has 1 aliphatic carbocycles. The van der Waals surface area contributed by atoms with E-state index in [2.05, 4.69) is 4.98 Å². The number of hydrogen-bond donors (Lipinski definition) is 0. The Morgan fingerprint density at radius 2 is 1.95 bits per heavy atom. The van der Waals surface area contributed by atoms with E-state index in [9.17, 15) is 13.2 Å². The third kappa shape index (κ3) is 3.43. The fourth-order valence-corrected chi connectivity index (χ4v) is 4.80. The highest BCUT2D eigenvalue weighted by Crippen LogP contribution is 2.32. The molecule has 0 aromatic carbocycles. The maximum atomic E-state index is 12.2. The van der Waals surface area contributed by atoms with Gasteiger partial charge in [0.25, 0.3) is 0 Å². The van der Waals surface area contributed by atoms with Crippen LogP contribution < -0.4 is 0 Å². The molecule has 7 heteroatoms. The molecule has 1 saturated carbocycles.